The Kier molecular flexibility index (Phi) is 4.86. The Morgan fingerprint density at radius 2 is 1.72 bits per heavy atom. The summed E-state index contributed by atoms with van der Waals surface area (Å²) in [6.45, 7) is -0.391. The number of methoxy groups -OCH3 is 2. The van der Waals surface area contributed by atoms with Crippen LogP contribution in [0.15, 0.2) is 30.3 Å². The Balaban J connectivity index is 2.15. The summed E-state index contributed by atoms with van der Waals surface area (Å²) in [5.41, 5.74) is 1.06. The molecule has 3 aromatic carbocycles. The van der Waals surface area contributed by atoms with Crippen LogP contribution in [0.2, 0.25) is 0 Å². The zero-order valence-electron chi connectivity index (χ0n) is 15.6. The predicted octanol–water partition coefficient (Wildman–Crippen LogP) is 3.83. The number of aliphatic hydroxyl groups is 1. The first-order chi connectivity index (χ1) is 14.0. The van der Waals surface area contributed by atoms with Crippen LogP contribution >= 0.6 is 11.6 Å². The van der Waals surface area contributed by atoms with Gasteiger partial charge in [0, 0.05) is 22.8 Å². The first kappa shape index (κ1) is 19.2. The molecule has 0 aromatic heterocycles. The summed E-state index contributed by atoms with van der Waals surface area (Å²) in [5.74, 6) is 1.61. The predicted molar refractivity (Wildman–Crippen MR) is 106 cm³/mol. The molecule has 2 N–H and O–H groups in total. The molecule has 1 aliphatic rings. The molecule has 0 spiro atoms. The summed E-state index contributed by atoms with van der Waals surface area (Å²) >= 11 is 5.90. The molecule has 1 heterocycles. The molecular weight excluding hydrogens is 400 g/mol. The Hall–Kier alpha value is -3.16. The minimum Gasteiger partial charge on any atom is -0.507 e. The van der Waals surface area contributed by atoms with Crippen molar-refractivity contribution in [1.29, 1.82) is 0 Å². The number of hydrogen-bond donors (Lipinski definition) is 2. The lowest BCUT2D eigenvalue weighted by Gasteiger charge is -2.18. The van der Waals surface area contributed by atoms with E-state index in [9.17, 15) is 15.0 Å². The van der Waals surface area contributed by atoms with Gasteiger partial charge in [0.05, 0.1) is 20.8 Å². The van der Waals surface area contributed by atoms with E-state index in [1.807, 2.05) is 0 Å². The minimum atomic E-state index is -0.766. The number of aliphatic hydroxyl groups excluding tert-OH is 1. The second kappa shape index (κ2) is 7.35. The van der Waals surface area contributed by atoms with Crippen molar-refractivity contribution in [3.63, 3.8) is 0 Å². The van der Waals surface area contributed by atoms with Crippen molar-refractivity contribution in [2.45, 2.75) is 6.61 Å². The van der Waals surface area contributed by atoms with Crippen LogP contribution in [0.25, 0.3) is 21.9 Å². The molecule has 4 rings (SSSR count). The lowest BCUT2D eigenvalue weighted by molar-refractivity contribution is 0.107. The quantitative estimate of drug-likeness (QED) is 0.610. The lowest BCUT2D eigenvalue weighted by atomic mass is 9.89. The van der Waals surface area contributed by atoms with Gasteiger partial charge in [-0.25, -0.2) is 0 Å². The van der Waals surface area contributed by atoms with Gasteiger partial charge in [-0.05, 0) is 52.2 Å². The van der Waals surface area contributed by atoms with Crippen molar-refractivity contribution >= 4 is 27.6 Å². The number of phenolic OH excluding ortho intramolecular Hbond substituents is 1. The average molecular weight is 417 g/mol. The van der Waals surface area contributed by atoms with Gasteiger partial charge in [0.25, 0.3) is 5.24 Å². The van der Waals surface area contributed by atoms with Gasteiger partial charge < -0.3 is 29.2 Å². The maximum absolute atomic E-state index is 12.3. The topological polar surface area (TPSA) is 94.5 Å². The largest absolute Gasteiger partial charge is 0.507 e. The smallest absolute Gasteiger partial charge is 0.253 e. The van der Waals surface area contributed by atoms with Crippen LogP contribution in [0, 0.1) is 0 Å². The fraction of sp³-hybridized carbons (Fsp3) is 0.190. The highest BCUT2D eigenvalue weighted by Crippen LogP contribution is 2.47. The summed E-state index contributed by atoms with van der Waals surface area (Å²) < 4.78 is 21.5. The van der Waals surface area contributed by atoms with Crippen LogP contribution in [-0.4, -0.2) is 36.5 Å². The number of benzene rings is 3. The Bertz CT molecular complexity index is 1140. The van der Waals surface area contributed by atoms with Crippen LogP contribution in [-0.2, 0) is 6.61 Å². The van der Waals surface area contributed by atoms with E-state index in [0.29, 0.717) is 50.5 Å². The fourth-order valence-corrected chi connectivity index (χ4v) is 3.76. The van der Waals surface area contributed by atoms with E-state index in [1.165, 1.54) is 20.3 Å². The zero-order valence-corrected chi connectivity index (χ0v) is 16.4. The molecule has 8 heteroatoms. The number of carbonyl (C=O) groups is 1. The lowest BCUT2D eigenvalue weighted by Crippen LogP contribution is -2.03. The standard InChI is InChI=1S/C21H17ClO7/c1-26-15-4-10-3-11(8-23)19(21(22)25)20(12(10)5-16(15)27-2)13-6-17-18(7-14(13)24)29-9-28-17/h3-7,23-24H,8-9H2,1-2H3. The molecule has 0 atom stereocenters. The summed E-state index contributed by atoms with van der Waals surface area (Å²) in [4.78, 5) is 12.3. The van der Waals surface area contributed by atoms with Gasteiger partial charge in [0.1, 0.15) is 5.75 Å². The van der Waals surface area contributed by atoms with E-state index >= 15 is 0 Å². The van der Waals surface area contributed by atoms with E-state index in [2.05, 4.69) is 0 Å². The number of carbonyl (C=O) groups excluding carboxylic acids is 1. The fourth-order valence-electron chi connectivity index (χ4n) is 3.55. The molecule has 0 unspecified atom stereocenters. The summed E-state index contributed by atoms with van der Waals surface area (Å²) in [5, 5.41) is 21.0. The van der Waals surface area contributed by atoms with Gasteiger partial charge in [-0.15, -0.1) is 0 Å². The first-order valence-corrected chi connectivity index (χ1v) is 9.01. The van der Waals surface area contributed by atoms with Crippen LogP contribution in [0.3, 0.4) is 0 Å². The number of hydrogen-bond acceptors (Lipinski definition) is 7. The Labute approximate surface area is 170 Å². The molecule has 7 nitrogen and oxygen atoms in total. The summed E-state index contributed by atoms with van der Waals surface area (Å²) in [7, 11) is 3.01. The van der Waals surface area contributed by atoms with Gasteiger partial charge in [0.2, 0.25) is 6.79 Å². The number of phenols is 1. The average Bonchev–Trinajstić information content (AvgIpc) is 3.17. The molecule has 150 valence electrons. The van der Waals surface area contributed by atoms with Crippen molar-refractivity contribution in [2.75, 3.05) is 21.0 Å². The van der Waals surface area contributed by atoms with Crippen LogP contribution in [0.5, 0.6) is 28.7 Å². The van der Waals surface area contributed by atoms with E-state index in [1.54, 1.807) is 24.3 Å². The SMILES string of the molecule is COc1cc2cc(CO)c(C(=O)Cl)c(-c3cc4c(cc3O)OCO4)c2cc1OC. The summed E-state index contributed by atoms with van der Waals surface area (Å²) in [6, 6.07) is 8.06. The first-order valence-electron chi connectivity index (χ1n) is 8.63. The second-order valence-electron chi connectivity index (χ2n) is 6.37. The minimum absolute atomic E-state index is 0.0297. The Morgan fingerprint density at radius 3 is 2.34 bits per heavy atom. The third-order valence-electron chi connectivity index (χ3n) is 4.85. The van der Waals surface area contributed by atoms with Crippen LogP contribution < -0.4 is 18.9 Å². The zero-order chi connectivity index (χ0) is 20.7. The molecule has 29 heavy (non-hydrogen) atoms. The molecule has 0 aliphatic carbocycles. The van der Waals surface area contributed by atoms with Crippen molar-refractivity contribution in [2.24, 2.45) is 0 Å². The van der Waals surface area contributed by atoms with Crippen LogP contribution in [0.4, 0.5) is 0 Å². The van der Waals surface area contributed by atoms with Gasteiger partial charge in [-0.2, -0.15) is 0 Å². The monoisotopic (exact) mass is 416 g/mol. The molecular formula is C21H17ClO7. The van der Waals surface area contributed by atoms with Crippen molar-refractivity contribution in [3.8, 4) is 39.9 Å². The maximum Gasteiger partial charge on any atom is 0.253 e. The number of rotatable bonds is 5. The van der Waals surface area contributed by atoms with Gasteiger partial charge in [-0.1, -0.05) is 0 Å². The summed E-state index contributed by atoms with van der Waals surface area (Å²) in [6.07, 6.45) is 0. The second-order valence-corrected chi connectivity index (χ2v) is 6.71. The van der Waals surface area contributed by atoms with Gasteiger partial charge >= 0.3 is 0 Å². The number of fused-ring (bicyclic) bond motifs is 2. The third-order valence-corrected chi connectivity index (χ3v) is 5.04. The molecule has 1 aliphatic heterocycles. The maximum atomic E-state index is 12.3. The molecule has 0 fully saturated rings. The van der Waals surface area contributed by atoms with Gasteiger partial charge in [-0.3, -0.25) is 4.79 Å². The van der Waals surface area contributed by atoms with Crippen molar-refractivity contribution in [1.82, 2.24) is 0 Å². The van der Waals surface area contributed by atoms with Gasteiger partial charge in [0.15, 0.2) is 23.0 Å². The Morgan fingerprint density at radius 1 is 1.07 bits per heavy atom. The molecule has 0 amide bonds. The van der Waals surface area contributed by atoms with E-state index < -0.39 is 11.8 Å². The third kappa shape index (κ3) is 3.08. The highest BCUT2D eigenvalue weighted by molar-refractivity contribution is 6.68. The van der Waals surface area contributed by atoms with Crippen molar-refractivity contribution < 1.29 is 34.0 Å². The van der Waals surface area contributed by atoms with E-state index in [-0.39, 0.29) is 18.1 Å². The highest BCUT2D eigenvalue weighted by atomic mass is 35.5. The van der Waals surface area contributed by atoms with E-state index in [4.69, 9.17) is 30.5 Å². The normalized spacial score (nSPS) is 12.3. The molecule has 3 aromatic rings. The molecule has 0 saturated heterocycles. The van der Waals surface area contributed by atoms with Crippen LogP contribution in [0.1, 0.15) is 15.9 Å². The molecule has 0 radical (unpaired) electrons. The van der Waals surface area contributed by atoms with E-state index in [0.717, 1.165) is 0 Å². The highest BCUT2D eigenvalue weighted by Gasteiger charge is 2.25. The molecule has 0 saturated carbocycles. The molecule has 0 bridgehead atoms. The number of aromatic hydroxyl groups is 1. The number of ether oxygens (including phenoxy) is 4. The number of halogens is 1. The van der Waals surface area contributed by atoms with Crippen molar-refractivity contribution in [3.05, 3.63) is 41.5 Å².